The molecule has 0 rings (SSSR count). The van der Waals surface area contributed by atoms with Crippen LogP contribution in [-0.4, -0.2) is 11.1 Å². The van der Waals surface area contributed by atoms with Crippen LogP contribution in [0.4, 0.5) is 0 Å². The molecular formula is C30H60O2. The van der Waals surface area contributed by atoms with Gasteiger partial charge in [0, 0.05) is 0 Å². The van der Waals surface area contributed by atoms with Crippen LogP contribution in [0.15, 0.2) is 0 Å². The van der Waals surface area contributed by atoms with Gasteiger partial charge in [0.05, 0.1) is 5.92 Å². The van der Waals surface area contributed by atoms with Gasteiger partial charge in [-0.3, -0.25) is 4.79 Å². The first kappa shape index (κ1) is 31.5. The van der Waals surface area contributed by atoms with Gasteiger partial charge in [0.25, 0.3) is 0 Å². The summed E-state index contributed by atoms with van der Waals surface area (Å²) in [6.07, 6.45) is 28.9. The first-order valence-corrected chi connectivity index (χ1v) is 14.7. The van der Waals surface area contributed by atoms with E-state index in [1.165, 1.54) is 122 Å². The lowest BCUT2D eigenvalue weighted by molar-refractivity contribution is -0.147. The van der Waals surface area contributed by atoms with Crippen LogP contribution in [0.3, 0.4) is 0 Å². The summed E-state index contributed by atoms with van der Waals surface area (Å²) in [5.74, 6) is -0.693. The number of hydrogen-bond donors (Lipinski definition) is 1. The molecule has 0 spiro atoms. The van der Waals surface area contributed by atoms with Crippen LogP contribution in [0, 0.1) is 11.3 Å². The first-order valence-electron chi connectivity index (χ1n) is 14.7. The second kappa shape index (κ2) is 22.3. The summed E-state index contributed by atoms with van der Waals surface area (Å²) < 4.78 is 0. The minimum absolute atomic E-state index is 0.0253. The number of hydrogen-bond acceptors (Lipinski definition) is 1. The highest BCUT2D eigenvalue weighted by Gasteiger charge is 2.37. The third-order valence-electron chi connectivity index (χ3n) is 7.69. The van der Waals surface area contributed by atoms with Crippen molar-refractivity contribution in [2.24, 2.45) is 11.3 Å². The van der Waals surface area contributed by atoms with Crippen molar-refractivity contribution in [1.82, 2.24) is 0 Å². The minimum Gasteiger partial charge on any atom is -0.481 e. The molecule has 0 aliphatic carbocycles. The number of unbranched alkanes of at least 4 members (excludes halogenated alkanes) is 17. The Morgan fingerprint density at radius 3 is 1.22 bits per heavy atom. The highest BCUT2D eigenvalue weighted by Crippen LogP contribution is 2.41. The van der Waals surface area contributed by atoms with Crippen molar-refractivity contribution in [3.05, 3.63) is 0 Å². The molecule has 0 aromatic rings. The predicted molar refractivity (Wildman–Crippen MR) is 142 cm³/mol. The molecule has 192 valence electrons. The molecule has 0 aliphatic rings. The van der Waals surface area contributed by atoms with E-state index in [2.05, 4.69) is 27.7 Å². The lowest BCUT2D eigenvalue weighted by Gasteiger charge is -2.36. The van der Waals surface area contributed by atoms with E-state index in [0.717, 1.165) is 25.7 Å². The van der Waals surface area contributed by atoms with Crippen molar-refractivity contribution in [1.29, 1.82) is 0 Å². The first-order chi connectivity index (χ1) is 15.5. The Bertz CT molecular complexity index is 388. The number of rotatable bonds is 25. The Balaban J connectivity index is 4.61. The maximum absolute atomic E-state index is 12.3. The van der Waals surface area contributed by atoms with Gasteiger partial charge in [-0.25, -0.2) is 0 Å². The zero-order chi connectivity index (χ0) is 23.9. The largest absolute Gasteiger partial charge is 0.481 e. The Hall–Kier alpha value is -0.530. The monoisotopic (exact) mass is 452 g/mol. The Labute approximate surface area is 202 Å². The quantitative estimate of drug-likeness (QED) is 0.140. The van der Waals surface area contributed by atoms with Gasteiger partial charge in [0.15, 0.2) is 0 Å². The predicted octanol–water partition coefficient (Wildman–Crippen LogP) is 10.7. The van der Waals surface area contributed by atoms with Crippen molar-refractivity contribution < 1.29 is 9.90 Å². The molecule has 0 bridgehead atoms. The maximum Gasteiger partial charge on any atom is 0.307 e. The van der Waals surface area contributed by atoms with E-state index in [0.29, 0.717) is 0 Å². The fourth-order valence-electron chi connectivity index (χ4n) is 5.34. The van der Waals surface area contributed by atoms with Crippen LogP contribution in [-0.2, 0) is 4.79 Å². The van der Waals surface area contributed by atoms with E-state index in [-0.39, 0.29) is 11.3 Å². The van der Waals surface area contributed by atoms with Gasteiger partial charge < -0.3 is 5.11 Å². The van der Waals surface area contributed by atoms with Crippen LogP contribution < -0.4 is 0 Å². The van der Waals surface area contributed by atoms with Gasteiger partial charge in [-0.1, -0.05) is 156 Å². The molecular weight excluding hydrogens is 392 g/mol. The Morgan fingerprint density at radius 2 is 0.875 bits per heavy atom. The van der Waals surface area contributed by atoms with E-state index in [1.807, 2.05) is 0 Å². The number of carboxylic acids is 1. The van der Waals surface area contributed by atoms with Gasteiger partial charge >= 0.3 is 5.97 Å². The smallest absolute Gasteiger partial charge is 0.307 e. The third-order valence-corrected chi connectivity index (χ3v) is 7.69. The molecule has 0 aromatic heterocycles. The molecule has 0 heterocycles. The SMILES string of the molecule is CCCCCCCCCCC(C(=O)O)C(C)(CCCCCCCC)CCCCCCCC. The summed E-state index contributed by atoms with van der Waals surface area (Å²) >= 11 is 0. The van der Waals surface area contributed by atoms with E-state index in [4.69, 9.17) is 0 Å². The molecule has 0 amide bonds. The topological polar surface area (TPSA) is 37.3 Å². The van der Waals surface area contributed by atoms with Crippen LogP contribution in [0.1, 0.15) is 175 Å². The summed E-state index contributed by atoms with van der Waals surface area (Å²) in [5.41, 5.74) is -0.0253. The summed E-state index contributed by atoms with van der Waals surface area (Å²) in [7, 11) is 0. The average molecular weight is 453 g/mol. The second-order valence-electron chi connectivity index (χ2n) is 10.8. The molecule has 0 saturated carbocycles. The highest BCUT2D eigenvalue weighted by atomic mass is 16.4. The molecule has 1 atom stereocenters. The molecule has 32 heavy (non-hydrogen) atoms. The molecule has 0 aromatic carbocycles. The lowest BCUT2D eigenvalue weighted by atomic mass is 9.68. The van der Waals surface area contributed by atoms with E-state index >= 15 is 0 Å². The van der Waals surface area contributed by atoms with E-state index in [9.17, 15) is 9.90 Å². The minimum atomic E-state index is -0.535. The Kier molecular flexibility index (Phi) is 21.9. The number of carboxylic acid groups (broad SMARTS) is 1. The van der Waals surface area contributed by atoms with Crippen molar-refractivity contribution >= 4 is 5.97 Å². The van der Waals surface area contributed by atoms with Crippen molar-refractivity contribution in [3.8, 4) is 0 Å². The molecule has 0 fully saturated rings. The van der Waals surface area contributed by atoms with Crippen molar-refractivity contribution in [2.75, 3.05) is 0 Å². The molecule has 0 aliphatic heterocycles. The summed E-state index contributed by atoms with van der Waals surface area (Å²) in [6.45, 7) is 9.11. The third kappa shape index (κ3) is 17.0. The normalized spacial score (nSPS) is 12.9. The number of aliphatic carboxylic acids is 1. The molecule has 2 nitrogen and oxygen atoms in total. The van der Waals surface area contributed by atoms with Gasteiger partial charge in [0.1, 0.15) is 0 Å². The molecule has 0 radical (unpaired) electrons. The fraction of sp³-hybridized carbons (Fsp3) is 0.967. The van der Waals surface area contributed by atoms with Crippen molar-refractivity contribution in [3.63, 3.8) is 0 Å². The van der Waals surface area contributed by atoms with Crippen LogP contribution >= 0.6 is 0 Å². The van der Waals surface area contributed by atoms with Crippen LogP contribution in [0.2, 0.25) is 0 Å². The Morgan fingerprint density at radius 1 is 0.562 bits per heavy atom. The molecule has 1 unspecified atom stereocenters. The average Bonchev–Trinajstić information content (AvgIpc) is 2.77. The van der Waals surface area contributed by atoms with E-state index < -0.39 is 5.97 Å². The summed E-state index contributed by atoms with van der Waals surface area (Å²) in [4.78, 5) is 12.3. The molecule has 0 saturated heterocycles. The van der Waals surface area contributed by atoms with Crippen LogP contribution in [0.25, 0.3) is 0 Å². The summed E-state index contributed by atoms with van der Waals surface area (Å²) in [6, 6.07) is 0. The van der Waals surface area contributed by atoms with E-state index in [1.54, 1.807) is 0 Å². The second-order valence-corrected chi connectivity index (χ2v) is 10.8. The zero-order valence-electron chi connectivity index (χ0n) is 22.7. The highest BCUT2D eigenvalue weighted by molar-refractivity contribution is 5.71. The zero-order valence-corrected chi connectivity index (χ0v) is 22.7. The van der Waals surface area contributed by atoms with Gasteiger partial charge in [-0.05, 0) is 24.7 Å². The standard InChI is InChI=1S/C30H60O2/c1-5-8-11-14-17-18-19-22-25-28(29(31)32)30(4,26-23-20-15-12-9-6-2)27-24-21-16-13-10-7-3/h28H,5-27H2,1-4H3,(H,31,32). The molecule has 2 heteroatoms. The molecule has 1 N–H and O–H groups in total. The fourth-order valence-corrected chi connectivity index (χ4v) is 5.34. The van der Waals surface area contributed by atoms with Crippen LogP contribution in [0.5, 0.6) is 0 Å². The van der Waals surface area contributed by atoms with Gasteiger partial charge in [-0.2, -0.15) is 0 Å². The van der Waals surface area contributed by atoms with Gasteiger partial charge in [0.2, 0.25) is 0 Å². The summed E-state index contributed by atoms with van der Waals surface area (Å²) in [5, 5.41) is 10.2. The van der Waals surface area contributed by atoms with Gasteiger partial charge in [-0.15, -0.1) is 0 Å². The maximum atomic E-state index is 12.3. The lowest BCUT2D eigenvalue weighted by Crippen LogP contribution is -2.34. The van der Waals surface area contributed by atoms with Crippen molar-refractivity contribution in [2.45, 2.75) is 175 Å². The number of carbonyl (C=O) groups is 1.